The van der Waals surface area contributed by atoms with Crippen molar-refractivity contribution in [3.63, 3.8) is 0 Å². The summed E-state index contributed by atoms with van der Waals surface area (Å²) in [5.41, 5.74) is 0. The first-order valence-electron chi connectivity index (χ1n) is 3.98. The lowest BCUT2D eigenvalue weighted by atomic mass is 10.2. The Kier molecular flexibility index (Phi) is 2.09. The van der Waals surface area contributed by atoms with Crippen LogP contribution in [0.15, 0.2) is 15.9 Å². The molecule has 1 fully saturated rings. The quantitative estimate of drug-likeness (QED) is 0.730. The van der Waals surface area contributed by atoms with Crippen molar-refractivity contribution in [1.82, 2.24) is 0 Å². The average Bonchev–Trinajstić information content (AvgIpc) is 2.58. The van der Waals surface area contributed by atoms with E-state index in [1.807, 2.05) is 12.1 Å². The number of carbonyl (C=O) groups is 1. The number of hydrogen-bond acceptors (Lipinski definition) is 2. The summed E-state index contributed by atoms with van der Waals surface area (Å²) in [5, 5.41) is 0. The van der Waals surface area contributed by atoms with E-state index in [2.05, 4.69) is 22.9 Å². The number of Topliss-reactive ketones (excluding diaryl/α,β-unsaturated/α-hetero) is 1. The van der Waals surface area contributed by atoms with E-state index in [1.165, 1.54) is 11.3 Å². The van der Waals surface area contributed by atoms with Crippen molar-refractivity contribution >= 4 is 33.0 Å². The molecule has 12 heavy (non-hydrogen) atoms. The van der Waals surface area contributed by atoms with Crippen LogP contribution in [0, 0.1) is 11.8 Å². The minimum Gasteiger partial charge on any atom is -0.293 e. The first-order chi connectivity index (χ1) is 5.68. The minimum absolute atomic E-state index is 0.315. The summed E-state index contributed by atoms with van der Waals surface area (Å²) in [4.78, 5) is 12.5. The van der Waals surface area contributed by atoms with Gasteiger partial charge in [0.25, 0.3) is 0 Å². The van der Waals surface area contributed by atoms with Crippen LogP contribution in [-0.4, -0.2) is 5.78 Å². The van der Waals surface area contributed by atoms with Crippen LogP contribution in [0.4, 0.5) is 0 Å². The highest BCUT2D eigenvalue weighted by molar-refractivity contribution is 9.11. The Hall–Kier alpha value is -0.150. The van der Waals surface area contributed by atoms with Gasteiger partial charge in [0.1, 0.15) is 0 Å². The highest BCUT2D eigenvalue weighted by atomic mass is 79.9. The molecule has 1 saturated carbocycles. The fourth-order valence-corrected chi connectivity index (χ4v) is 2.71. The number of halogens is 1. The second-order valence-electron chi connectivity index (χ2n) is 3.29. The van der Waals surface area contributed by atoms with Gasteiger partial charge >= 0.3 is 0 Å². The van der Waals surface area contributed by atoms with Crippen molar-refractivity contribution in [3.05, 3.63) is 20.8 Å². The fraction of sp³-hybridized carbons (Fsp3) is 0.444. The Morgan fingerprint density at radius 3 is 2.75 bits per heavy atom. The van der Waals surface area contributed by atoms with Crippen LogP contribution in [0.2, 0.25) is 0 Å². The maximum atomic E-state index is 11.6. The summed E-state index contributed by atoms with van der Waals surface area (Å²) in [6, 6.07) is 3.84. The van der Waals surface area contributed by atoms with Gasteiger partial charge in [-0.05, 0) is 40.4 Å². The predicted molar refractivity (Wildman–Crippen MR) is 53.6 cm³/mol. The van der Waals surface area contributed by atoms with Crippen LogP contribution in [-0.2, 0) is 0 Å². The van der Waals surface area contributed by atoms with Gasteiger partial charge in [0.15, 0.2) is 5.78 Å². The summed E-state index contributed by atoms with van der Waals surface area (Å²) in [7, 11) is 0. The van der Waals surface area contributed by atoms with Gasteiger partial charge in [-0.3, -0.25) is 4.79 Å². The van der Waals surface area contributed by atoms with Gasteiger partial charge in [0, 0.05) is 5.92 Å². The van der Waals surface area contributed by atoms with Crippen LogP contribution in [0.1, 0.15) is 23.0 Å². The molecule has 0 amide bonds. The van der Waals surface area contributed by atoms with E-state index in [9.17, 15) is 4.79 Å². The topological polar surface area (TPSA) is 17.1 Å². The highest BCUT2D eigenvalue weighted by Crippen LogP contribution is 2.41. The van der Waals surface area contributed by atoms with Crippen molar-refractivity contribution in [1.29, 1.82) is 0 Å². The van der Waals surface area contributed by atoms with Crippen molar-refractivity contribution < 1.29 is 4.79 Å². The maximum absolute atomic E-state index is 11.6. The number of rotatable bonds is 2. The number of thiophene rings is 1. The predicted octanol–water partition coefficient (Wildman–Crippen LogP) is 3.35. The van der Waals surface area contributed by atoms with Gasteiger partial charge in [0.05, 0.1) is 8.66 Å². The molecule has 3 heteroatoms. The second-order valence-corrected chi connectivity index (χ2v) is 5.75. The second kappa shape index (κ2) is 2.96. The molecule has 0 saturated heterocycles. The van der Waals surface area contributed by atoms with E-state index in [4.69, 9.17) is 0 Å². The van der Waals surface area contributed by atoms with Crippen LogP contribution in [0.3, 0.4) is 0 Å². The molecule has 2 atom stereocenters. The van der Waals surface area contributed by atoms with Gasteiger partial charge in [-0.2, -0.15) is 0 Å². The zero-order valence-corrected chi connectivity index (χ0v) is 9.11. The first-order valence-corrected chi connectivity index (χ1v) is 5.59. The van der Waals surface area contributed by atoms with Crippen molar-refractivity contribution in [2.24, 2.45) is 11.8 Å². The lowest BCUT2D eigenvalue weighted by Crippen LogP contribution is -1.99. The molecule has 1 aliphatic rings. The van der Waals surface area contributed by atoms with Gasteiger partial charge in [0.2, 0.25) is 0 Å². The fourth-order valence-electron chi connectivity index (χ4n) is 1.32. The van der Waals surface area contributed by atoms with E-state index in [1.54, 1.807) is 0 Å². The molecule has 0 radical (unpaired) electrons. The van der Waals surface area contributed by atoms with E-state index in [-0.39, 0.29) is 0 Å². The third kappa shape index (κ3) is 1.48. The third-order valence-corrected chi connectivity index (χ3v) is 3.90. The Balaban J connectivity index is 2.15. The van der Waals surface area contributed by atoms with Gasteiger partial charge in [-0.1, -0.05) is 6.92 Å². The molecule has 2 rings (SSSR count). The maximum Gasteiger partial charge on any atom is 0.176 e. The van der Waals surface area contributed by atoms with Crippen molar-refractivity contribution in [2.75, 3.05) is 0 Å². The standard InChI is InChI=1S/C9H9BrOS/c1-5-4-6(5)9(11)7-2-3-8(10)12-7/h2-3,5-6H,4H2,1H3. The summed E-state index contributed by atoms with van der Waals surface area (Å²) < 4.78 is 1.04. The molecular formula is C9H9BrOS. The Bertz CT molecular complexity index is 318. The normalized spacial score (nSPS) is 27.2. The highest BCUT2D eigenvalue weighted by Gasteiger charge is 2.39. The summed E-state index contributed by atoms with van der Waals surface area (Å²) in [5.74, 6) is 1.26. The van der Waals surface area contributed by atoms with Crippen LogP contribution in [0.25, 0.3) is 0 Å². The molecule has 0 bridgehead atoms. The molecule has 1 aliphatic carbocycles. The zero-order chi connectivity index (χ0) is 8.72. The molecule has 64 valence electrons. The lowest BCUT2D eigenvalue weighted by molar-refractivity contribution is 0.0966. The minimum atomic E-state index is 0.315. The van der Waals surface area contributed by atoms with Crippen molar-refractivity contribution in [3.8, 4) is 0 Å². The molecular weight excluding hydrogens is 236 g/mol. The van der Waals surface area contributed by atoms with Gasteiger partial charge in [-0.25, -0.2) is 0 Å². The average molecular weight is 245 g/mol. The molecule has 1 aromatic rings. The molecule has 1 aromatic heterocycles. The zero-order valence-electron chi connectivity index (χ0n) is 6.71. The van der Waals surface area contributed by atoms with Crippen LogP contribution in [0.5, 0.6) is 0 Å². The number of hydrogen-bond donors (Lipinski definition) is 0. The van der Waals surface area contributed by atoms with E-state index in [0.717, 1.165) is 15.1 Å². The lowest BCUT2D eigenvalue weighted by Gasteiger charge is -1.91. The first kappa shape index (κ1) is 8.45. The summed E-state index contributed by atoms with van der Waals surface area (Å²) >= 11 is 4.88. The molecule has 0 N–H and O–H groups in total. The molecule has 0 aromatic carbocycles. The summed E-state index contributed by atoms with van der Waals surface area (Å²) in [6.45, 7) is 2.13. The SMILES string of the molecule is CC1CC1C(=O)c1ccc(Br)s1. The smallest absolute Gasteiger partial charge is 0.176 e. The third-order valence-electron chi connectivity index (χ3n) is 2.26. The Labute approximate surface area is 83.9 Å². The molecule has 1 nitrogen and oxygen atoms in total. The van der Waals surface area contributed by atoms with E-state index < -0.39 is 0 Å². The van der Waals surface area contributed by atoms with E-state index >= 15 is 0 Å². The monoisotopic (exact) mass is 244 g/mol. The number of ketones is 1. The Morgan fingerprint density at radius 2 is 2.33 bits per heavy atom. The van der Waals surface area contributed by atoms with E-state index in [0.29, 0.717) is 17.6 Å². The summed E-state index contributed by atoms with van der Waals surface area (Å²) in [6.07, 6.45) is 1.08. The molecule has 2 unspecified atom stereocenters. The molecule has 0 aliphatic heterocycles. The largest absolute Gasteiger partial charge is 0.293 e. The van der Waals surface area contributed by atoms with Crippen LogP contribution >= 0.6 is 27.3 Å². The van der Waals surface area contributed by atoms with Gasteiger partial charge < -0.3 is 0 Å². The molecule has 1 heterocycles. The number of carbonyl (C=O) groups excluding carboxylic acids is 1. The molecule has 0 spiro atoms. The van der Waals surface area contributed by atoms with Gasteiger partial charge in [-0.15, -0.1) is 11.3 Å². The van der Waals surface area contributed by atoms with Crippen LogP contribution < -0.4 is 0 Å². The van der Waals surface area contributed by atoms with Crippen molar-refractivity contribution in [2.45, 2.75) is 13.3 Å². The Morgan fingerprint density at radius 1 is 1.67 bits per heavy atom.